The van der Waals surface area contributed by atoms with E-state index in [1.54, 1.807) is 36.7 Å². The Morgan fingerprint density at radius 1 is 1.00 bits per heavy atom. The van der Waals surface area contributed by atoms with Gasteiger partial charge in [0.05, 0.1) is 16.8 Å². The zero-order valence-corrected chi connectivity index (χ0v) is 12.6. The van der Waals surface area contributed by atoms with Gasteiger partial charge in [0.15, 0.2) is 0 Å². The quantitative estimate of drug-likeness (QED) is 0.604. The van der Waals surface area contributed by atoms with Crippen LogP contribution in [0.2, 0.25) is 0 Å². The molecule has 0 radical (unpaired) electrons. The molecule has 3 rings (SSSR count). The smallest absolute Gasteiger partial charge is 0.265 e. The molecule has 2 nitrogen and oxygen atoms in total. The van der Waals surface area contributed by atoms with E-state index in [9.17, 15) is 13.2 Å². The lowest BCUT2D eigenvalue weighted by molar-refractivity contribution is -0.137. The van der Waals surface area contributed by atoms with Crippen LogP contribution in [0.1, 0.15) is 16.8 Å². The zero-order valence-electron chi connectivity index (χ0n) is 12.6. The van der Waals surface area contributed by atoms with E-state index in [4.69, 9.17) is 0 Å². The molecule has 0 atom stereocenters. The van der Waals surface area contributed by atoms with Gasteiger partial charge >= 0.3 is 6.18 Å². The molecule has 0 spiro atoms. The van der Waals surface area contributed by atoms with E-state index in [2.05, 4.69) is 16.5 Å². The van der Waals surface area contributed by atoms with Crippen molar-refractivity contribution in [3.8, 4) is 0 Å². The zero-order chi connectivity index (χ0) is 17.2. The van der Waals surface area contributed by atoms with Crippen LogP contribution in [-0.2, 0) is 6.18 Å². The van der Waals surface area contributed by atoms with Crippen molar-refractivity contribution in [1.29, 1.82) is 0 Å². The number of halogens is 3. The maximum absolute atomic E-state index is 12.8. The molecule has 0 amide bonds. The molecular weight excluding hydrogens is 313 g/mol. The summed E-state index contributed by atoms with van der Waals surface area (Å²) < 4.78 is 38.4. The molecule has 0 aliphatic rings. The molecule has 120 valence electrons. The molecule has 0 saturated heterocycles. The normalized spacial score (nSPS) is 12.0. The van der Waals surface area contributed by atoms with Gasteiger partial charge in [-0.1, -0.05) is 24.8 Å². The van der Waals surface area contributed by atoms with Crippen molar-refractivity contribution in [3.63, 3.8) is 0 Å². The fraction of sp³-hybridized carbons (Fsp3) is 0.0526. The van der Waals surface area contributed by atoms with Crippen LogP contribution in [0.25, 0.3) is 22.6 Å². The van der Waals surface area contributed by atoms with Crippen molar-refractivity contribution >= 4 is 22.6 Å². The predicted octanol–water partition coefficient (Wildman–Crippen LogP) is 5.38. The van der Waals surface area contributed by atoms with Crippen molar-refractivity contribution in [2.45, 2.75) is 6.18 Å². The molecular formula is C19H13F3N2. The highest BCUT2D eigenvalue weighted by molar-refractivity contribution is 5.82. The molecule has 24 heavy (non-hydrogen) atoms. The first-order valence-corrected chi connectivity index (χ1v) is 7.19. The van der Waals surface area contributed by atoms with Crippen LogP contribution < -0.4 is 0 Å². The summed E-state index contributed by atoms with van der Waals surface area (Å²) in [5.74, 6) is 0. The molecule has 0 saturated carbocycles. The van der Waals surface area contributed by atoms with E-state index >= 15 is 0 Å². The number of hydrogen-bond acceptors (Lipinski definition) is 2. The average Bonchev–Trinajstić information content (AvgIpc) is 2.59. The van der Waals surface area contributed by atoms with Gasteiger partial charge in [-0.05, 0) is 47.5 Å². The van der Waals surface area contributed by atoms with Crippen molar-refractivity contribution < 1.29 is 13.2 Å². The number of aromatic nitrogens is 2. The van der Waals surface area contributed by atoms with Crippen LogP contribution >= 0.6 is 0 Å². The Hall–Kier alpha value is -2.95. The highest BCUT2D eigenvalue weighted by Gasteiger charge is 2.30. The SMILES string of the molecule is C=C(/C=C/c1ccc2ccc(C(F)(F)F)cc2n1)c1ccncc1. The molecule has 0 bridgehead atoms. The number of allylic oxidation sites excluding steroid dienone is 2. The van der Waals surface area contributed by atoms with E-state index < -0.39 is 11.7 Å². The van der Waals surface area contributed by atoms with Crippen molar-refractivity contribution in [2.24, 2.45) is 0 Å². The molecule has 1 aromatic carbocycles. The van der Waals surface area contributed by atoms with E-state index in [1.807, 2.05) is 12.1 Å². The second-order valence-electron chi connectivity index (χ2n) is 5.24. The molecule has 0 unspecified atom stereocenters. The number of fused-ring (bicyclic) bond motifs is 1. The molecule has 2 aromatic heterocycles. The lowest BCUT2D eigenvalue weighted by Gasteiger charge is -2.07. The van der Waals surface area contributed by atoms with Crippen molar-refractivity contribution in [1.82, 2.24) is 9.97 Å². The van der Waals surface area contributed by atoms with Gasteiger partial charge < -0.3 is 0 Å². The van der Waals surface area contributed by atoms with Gasteiger partial charge in [-0.3, -0.25) is 4.98 Å². The van der Waals surface area contributed by atoms with E-state index in [1.165, 1.54) is 6.07 Å². The molecule has 3 aromatic rings. The number of rotatable bonds is 3. The third kappa shape index (κ3) is 3.51. The fourth-order valence-electron chi connectivity index (χ4n) is 2.25. The number of benzene rings is 1. The Morgan fingerprint density at radius 2 is 1.71 bits per heavy atom. The molecule has 0 fully saturated rings. The van der Waals surface area contributed by atoms with Crippen LogP contribution in [0.5, 0.6) is 0 Å². The Balaban J connectivity index is 1.90. The minimum absolute atomic E-state index is 0.307. The predicted molar refractivity (Wildman–Crippen MR) is 89.1 cm³/mol. The van der Waals surface area contributed by atoms with Gasteiger partial charge in [-0.15, -0.1) is 0 Å². The Morgan fingerprint density at radius 3 is 2.42 bits per heavy atom. The molecule has 5 heteroatoms. The number of alkyl halides is 3. The van der Waals surface area contributed by atoms with Gasteiger partial charge in [0.1, 0.15) is 0 Å². The fourth-order valence-corrected chi connectivity index (χ4v) is 2.25. The lowest BCUT2D eigenvalue weighted by Crippen LogP contribution is -2.04. The minimum Gasteiger partial charge on any atom is -0.265 e. The Labute approximate surface area is 137 Å². The van der Waals surface area contributed by atoms with Crippen molar-refractivity contribution in [2.75, 3.05) is 0 Å². The molecule has 0 aliphatic carbocycles. The highest BCUT2D eigenvalue weighted by Crippen LogP contribution is 2.31. The van der Waals surface area contributed by atoms with Crippen LogP contribution in [-0.4, -0.2) is 9.97 Å². The first-order valence-electron chi connectivity index (χ1n) is 7.19. The number of pyridine rings is 2. The topological polar surface area (TPSA) is 25.8 Å². The van der Waals surface area contributed by atoms with Gasteiger partial charge in [-0.25, -0.2) is 4.98 Å². The summed E-state index contributed by atoms with van der Waals surface area (Å²) in [5, 5.41) is 0.660. The first-order chi connectivity index (χ1) is 11.4. The lowest BCUT2D eigenvalue weighted by atomic mass is 10.1. The average molecular weight is 326 g/mol. The van der Waals surface area contributed by atoms with E-state index in [0.717, 1.165) is 23.3 Å². The third-order valence-corrected chi connectivity index (χ3v) is 3.55. The van der Waals surface area contributed by atoms with Crippen LogP contribution in [0.4, 0.5) is 13.2 Å². The van der Waals surface area contributed by atoms with E-state index in [0.29, 0.717) is 16.6 Å². The Bertz CT molecular complexity index is 913. The highest BCUT2D eigenvalue weighted by atomic mass is 19.4. The number of nitrogens with zero attached hydrogens (tertiary/aromatic N) is 2. The third-order valence-electron chi connectivity index (χ3n) is 3.55. The van der Waals surface area contributed by atoms with Crippen molar-refractivity contribution in [3.05, 3.63) is 84.3 Å². The van der Waals surface area contributed by atoms with Gasteiger partial charge in [-0.2, -0.15) is 13.2 Å². The minimum atomic E-state index is -4.38. The first kappa shape index (κ1) is 15.9. The summed E-state index contributed by atoms with van der Waals surface area (Å²) in [6.07, 6.45) is 2.46. The number of hydrogen-bond donors (Lipinski definition) is 0. The van der Waals surface area contributed by atoms with Gasteiger partial charge in [0.2, 0.25) is 0 Å². The summed E-state index contributed by atoms with van der Waals surface area (Å²) in [6.45, 7) is 3.96. The molecule has 0 N–H and O–H groups in total. The second kappa shape index (κ2) is 6.28. The standard InChI is InChI=1S/C19H13F3N2/c1-13(14-8-10-23-11-9-14)2-6-17-7-4-15-3-5-16(19(20,21)22)12-18(15)24-17/h2-12H,1H2/b6-2+. The van der Waals surface area contributed by atoms with Gasteiger partial charge in [0, 0.05) is 17.8 Å². The summed E-state index contributed by atoms with van der Waals surface area (Å²) in [4.78, 5) is 8.21. The summed E-state index contributed by atoms with van der Waals surface area (Å²) in [7, 11) is 0. The Kier molecular flexibility index (Phi) is 4.16. The van der Waals surface area contributed by atoms with Crippen LogP contribution in [0.3, 0.4) is 0 Å². The maximum atomic E-state index is 12.8. The second-order valence-corrected chi connectivity index (χ2v) is 5.24. The monoisotopic (exact) mass is 326 g/mol. The molecule has 0 aliphatic heterocycles. The summed E-state index contributed by atoms with van der Waals surface area (Å²) >= 11 is 0. The largest absolute Gasteiger partial charge is 0.416 e. The summed E-state index contributed by atoms with van der Waals surface area (Å²) in [5.41, 5.74) is 1.85. The van der Waals surface area contributed by atoms with Crippen LogP contribution in [0, 0.1) is 0 Å². The van der Waals surface area contributed by atoms with E-state index in [-0.39, 0.29) is 0 Å². The maximum Gasteiger partial charge on any atom is 0.416 e. The molecule has 2 heterocycles. The summed E-state index contributed by atoms with van der Waals surface area (Å²) in [6, 6.07) is 10.7. The van der Waals surface area contributed by atoms with Crippen LogP contribution in [0.15, 0.2) is 67.5 Å². The van der Waals surface area contributed by atoms with Gasteiger partial charge in [0.25, 0.3) is 0 Å².